The number of ether oxygens (including phenoxy) is 1. The lowest BCUT2D eigenvalue weighted by molar-refractivity contribution is 0.131. The molecule has 2 heterocycles. The molecule has 0 amide bonds. The molecule has 26 heavy (non-hydrogen) atoms. The molecule has 0 spiro atoms. The minimum absolute atomic E-state index is 0. The number of aliphatic hydroxyl groups excluding tert-OH is 1. The zero-order valence-electron chi connectivity index (χ0n) is 16.6. The highest BCUT2D eigenvalue weighted by atomic mass is 127. The van der Waals surface area contributed by atoms with Crippen molar-refractivity contribution in [1.29, 1.82) is 0 Å². The molecule has 3 N–H and O–H groups in total. The predicted octanol–water partition coefficient (Wildman–Crippen LogP) is 2.07. The first-order valence-electron chi connectivity index (χ1n) is 10.1. The van der Waals surface area contributed by atoms with Crippen LogP contribution in [-0.4, -0.2) is 75.1 Å². The van der Waals surface area contributed by atoms with Crippen molar-refractivity contribution in [2.75, 3.05) is 59.1 Å². The number of nitrogens with zero attached hydrogens (tertiary/aromatic N) is 2. The molecule has 0 bridgehead atoms. The first-order chi connectivity index (χ1) is 12.2. The molecule has 2 fully saturated rings. The van der Waals surface area contributed by atoms with Gasteiger partial charge in [0.25, 0.3) is 0 Å². The molecule has 0 saturated carbocycles. The van der Waals surface area contributed by atoms with E-state index in [4.69, 9.17) is 9.73 Å². The number of aliphatic hydroxyl groups is 1. The smallest absolute Gasteiger partial charge is 0.191 e. The molecular formula is C19H39IN4O2. The summed E-state index contributed by atoms with van der Waals surface area (Å²) in [5, 5.41) is 16.3. The van der Waals surface area contributed by atoms with Crippen LogP contribution < -0.4 is 10.6 Å². The second kappa shape index (κ2) is 13.1. The van der Waals surface area contributed by atoms with Crippen LogP contribution in [0.2, 0.25) is 0 Å². The van der Waals surface area contributed by atoms with E-state index in [9.17, 15) is 5.11 Å². The summed E-state index contributed by atoms with van der Waals surface area (Å²) in [4.78, 5) is 7.39. The maximum atomic E-state index is 9.35. The van der Waals surface area contributed by atoms with Crippen LogP contribution in [0.5, 0.6) is 0 Å². The van der Waals surface area contributed by atoms with Crippen molar-refractivity contribution in [2.45, 2.75) is 46.0 Å². The zero-order chi connectivity index (χ0) is 18.0. The maximum absolute atomic E-state index is 9.35. The van der Waals surface area contributed by atoms with Crippen LogP contribution >= 0.6 is 24.0 Å². The van der Waals surface area contributed by atoms with Crippen molar-refractivity contribution in [3.63, 3.8) is 0 Å². The van der Waals surface area contributed by atoms with Gasteiger partial charge in [-0.05, 0) is 64.6 Å². The summed E-state index contributed by atoms with van der Waals surface area (Å²) >= 11 is 0. The van der Waals surface area contributed by atoms with Crippen molar-refractivity contribution in [2.24, 2.45) is 16.3 Å². The van der Waals surface area contributed by atoms with Crippen molar-refractivity contribution < 1.29 is 9.84 Å². The Bertz CT molecular complexity index is 395. The van der Waals surface area contributed by atoms with E-state index in [1.165, 1.54) is 38.9 Å². The van der Waals surface area contributed by atoms with Gasteiger partial charge in [0.15, 0.2) is 5.96 Å². The quantitative estimate of drug-likeness (QED) is 0.267. The second-order valence-corrected chi connectivity index (χ2v) is 7.64. The Morgan fingerprint density at radius 2 is 2.04 bits per heavy atom. The molecule has 0 aromatic heterocycles. The van der Waals surface area contributed by atoms with E-state index in [2.05, 4.69) is 29.4 Å². The molecule has 0 radical (unpaired) electrons. The number of hydrogen-bond donors (Lipinski definition) is 3. The Kier molecular flexibility index (Phi) is 12.1. The Morgan fingerprint density at radius 3 is 2.62 bits per heavy atom. The molecule has 7 heteroatoms. The van der Waals surface area contributed by atoms with E-state index >= 15 is 0 Å². The Hall–Kier alpha value is -0.120. The fourth-order valence-electron chi connectivity index (χ4n) is 3.85. The van der Waals surface area contributed by atoms with Crippen LogP contribution in [0.15, 0.2) is 4.99 Å². The van der Waals surface area contributed by atoms with Crippen molar-refractivity contribution >= 4 is 29.9 Å². The van der Waals surface area contributed by atoms with Gasteiger partial charge in [0.05, 0.1) is 13.2 Å². The molecule has 1 unspecified atom stereocenters. The summed E-state index contributed by atoms with van der Waals surface area (Å²) in [6.45, 7) is 12.3. The Labute approximate surface area is 176 Å². The van der Waals surface area contributed by atoms with E-state index in [1.54, 1.807) is 0 Å². The van der Waals surface area contributed by atoms with Crippen molar-refractivity contribution in [3.8, 4) is 0 Å². The van der Waals surface area contributed by atoms with Gasteiger partial charge in [0.1, 0.15) is 0 Å². The minimum Gasteiger partial charge on any atom is -0.396 e. The van der Waals surface area contributed by atoms with Crippen LogP contribution in [0.1, 0.15) is 46.0 Å². The van der Waals surface area contributed by atoms with Crippen LogP contribution in [-0.2, 0) is 4.74 Å². The van der Waals surface area contributed by atoms with Gasteiger partial charge in [-0.1, -0.05) is 6.92 Å². The summed E-state index contributed by atoms with van der Waals surface area (Å²) < 4.78 is 5.56. The van der Waals surface area contributed by atoms with Gasteiger partial charge in [-0.25, -0.2) is 0 Å². The van der Waals surface area contributed by atoms with Gasteiger partial charge in [-0.2, -0.15) is 0 Å². The lowest BCUT2D eigenvalue weighted by Crippen LogP contribution is -2.43. The number of aliphatic imine (C=N–C) groups is 1. The van der Waals surface area contributed by atoms with E-state index in [0.717, 1.165) is 51.0 Å². The summed E-state index contributed by atoms with van der Waals surface area (Å²) in [7, 11) is 0. The number of guanidine groups is 1. The van der Waals surface area contributed by atoms with Gasteiger partial charge in [0, 0.05) is 31.7 Å². The van der Waals surface area contributed by atoms with Crippen LogP contribution in [0.25, 0.3) is 0 Å². The summed E-state index contributed by atoms with van der Waals surface area (Å²) in [6, 6.07) is 0. The molecule has 2 aliphatic rings. The van der Waals surface area contributed by atoms with Gasteiger partial charge >= 0.3 is 0 Å². The first kappa shape index (κ1) is 23.9. The highest BCUT2D eigenvalue weighted by Gasteiger charge is 2.34. The third-order valence-corrected chi connectivity index (χ3v) is 5.55. The minimum atomic E-state index is 0. The molecule has 2 aliphatic heterocycles. The van der Waals surface area contributed by atoms with Crippen LogP contribution in [0.3, 0.4) is 0 Å². The maximum Gasteiger partial charge on any atom is 0.191 e. The first-order valence-corrected chi connectivity index (χ1v) is 10.1. The van der Waals surface area contributed by atoms with Gasteiger partial charge in [-0.15, -0.1) is 24.0 Å². The van der Waals surface area contributed by atoms with E-state index in [0.29, 0.717) is 6.61 Å². The second-order valence-electron chi connectivity index (χ2n) is 7.64. The lowest BCUT2D eigenvalue weighted by Gasteiger charge is -2.32. The van der Waals surface area contributed by atoms with Crippen molar-refractivity contribution in [3.05, 3.63) is 0 Å². The van der Waals surface area contributed by atoms with Gasteiger partial charge < -0.3 is 25.4 Å². The molecule has 0 aromatic rings. The van der Waals surface area contributed by atoms with E-state index in [1.807, 2.05) is 0 Å². The Morgan fingerprint density at radius 1 is 1.27 bits per heavy atom. The molecule has 0 aromatic carbocycles. The number of rotatable bonds is 9. The molecule has 2 rings (SSSR count). The molecule has 6 nitrogen and oxygen atoms in total. The highest BCUT2D eigenvalue weighted by Crippen LogP contribution is 2.32. The monoisotopic (exact) mass is 482 g/mol. The van der Waals surface area contributed by atoms with Gasteiger partial charge in [0.2, 0.25) is 0 Å². The molecule has 1 atom stereocenters. The molecule has 154 valence electrons. The Balaban J connectivity index is 0.00000338. The largest absolute Gasteiger partial charge is 0.396 e. The highest BCUT2D eigenvalue weighted by molar-refractivity contribution is 14.0. The normalized spacial score (nSPS) is 25.1. The third kappa shape index (κ3) is 7.86. The number of likely N-dealkylation sites (tertiary alicyclic amines) is 1. The summed E-state index contributed by atoms with van der Waals surface area (Å²) in [6.07, 6.45) is 5.56. The standard InChI is InChI=1S/C19H38N4O2.HI/c1-3-9-23-10-5-17(6-11-23)14-21-18(20-4-2)22-15-19(7-12-24)8-13-25-16-19;/h17,24H,3-16H2,1-2H3,(H2,20,21,22);1H. The molecule has 2 saturated heterocycles. The number of nitrogens with one attached hydrogen (secondary N) is 2. The molecule has 0 aliphatic carbocycles. The summed E-state index contributed by atoms with van der Waals surface area (Å²) in [5.41, 5.74) is 0.0165. The number of halogens is 1. The SMILES string of the molecule is CCCN1CCC(CNC(=NCC2(CCO)CCOC2)NCC)CC1.I. The van der Waals surface area contributed by atoms with E-state index < -0.39 is 0 Å². The topological polar surface area (TPSA) is 69.1 Å². The van der Waals surface area contributed by atoms with E-state index in [-0.39, 0.29) is 36.0 Å². The fraction of sp³-hybridized carbons (Fsp3) is 0.947. The number of piperidine rings is 1. The third-order valence-electron chi connectivity index (χ3n) is 5.55. The zero-order valence-corrected chi connectivity index (χ0v) is 19.0. The van der Waals surface area contributed by atoms with Crippen LogP contribution in [0, 0.1) is 11.3 Å². The van der Waals surface area contributed by atoms with Gasteiger partial charge in [-0.3, -0.25) is 4.99 Å². The lowest BCUT2D eigenvalue weighted by atomic mass is 9.84. The number of hydrogen-bond acceptors (Lipinski definition) is 4. The van der Waals surface area contributed by atoms with Crippen LogP contribution in [0.4, 0.5) is 0 Å². The van der Waals surface area contributed by atoms with Crippen molar-refractivity contribution in [1.82, 2.24) is 15.5 Å². The molecular weight excluding hydrogens is 443 g/mol. The summed E-state index contributed by atoms with van der Waals surface area (Å²) in [5.74, 6) is 1.64. The fourth-order valence-corrected chi connectivity index (χ4v) is 3.85. The average molecular weight is 482 g/mol. The average Bonchev–Trinajstić information content (AvgIpc) is 3.08. The predicted molar refractivity (Wildman–Crippen MR) is 118 cm³/mol.